The zero-order valence-corrected chi connectivity index (χ0v) is 13.3. The van der Waals surface area contributed by atoms with Gasteiger partial charge in [-0.1, -0.05) is 18.2 Å². The van der Waals surface area contributed by atoms with Crippen molar-refractivity contribution in [1.82, 2.24) is 0 Å². The highest BCUT2D eigenvalue weighted by Gasteiger charge is 2.24. The van der Waals surface area contributed by atoms with Gasteiger partial charge in [-0.2, -0.15) is 0 Å². The number of hydrogen-bond acceptors (Lipinski definition) is 4. The smallest absolute Gasteiger partial charge is 0.308 e. The van der Waals surface area contributed by atoms with Crippen LogP contribution in [0.4, 0.5) is 16.2 Å². The first kappa shape index (κ1) is 15.5. The molecule has 0 saturated carbocycles. The summed E-state index contributed by atoms with van der Waals surface area (Å²) in [6, 6.07) is 8.47. The number of carbonyl (C=O) groups excluding carboxylic acids is 1. The standard InChI is InChI=1S/C14H16N2O3S2/c1-10(2)21(18,19)13-9-20-8-12(13)16-14(17)15-11-6-4-3-5-7-11/h3-10H,1-2H3,(H2,15,16,17). The van der Waals surface area contributed by atoms with Crippen molar-refractivity contribution >= 4 is 38.6 Å². The van der Waals surface area contributed by atoms with Crippen LogP contribution in [-0.4, -0.2) is 19.7 Å². The largest absolute Gasteiger partial charge is 0.323 e. The van der Waals surface area contributed by atoms with Crippen LogP contribution in [0, 0.1) is 0 Å². The predicted molar refractivity (Wildman–Crippen MR) is 85.7 cm³/mol. The normalized spacial score (nSPS) is 11.4. The topological polar surface area (TPSA) is 75.3 Å². The summed E-state index contributed by atoms with van der Waals surface area (Å²) in [6.07, 6.45) is 0. The summed E-state index contributed by atoms with van der Waals surface area (Å²) in [4.78, 5) is 12.1. The second-order valence-electron chi connectivity index (χ2n) is 4.69. The lowest BCUT2D eigenvalue weighted by molar-refractivity contribution is 0.262. The average Bonchev–Trinajstić information content (AvgIpc) is 2.88. The number of thiophene rings is 1. The molecule has 0 fully saturated rings. The summed E-state index contributed by atoms with van der Waals surface area (Å²) in [5.74, 6) is 0. The second-order valence-corrected chi connectivity index (χ2v) is 7.90. The van der Waals surface area contributed by atoms with Crippen LogP contribution in [0.25, 0.3) is 0 Å². The molecular formula is C14H16N2O3S2. The molecule has 0 aliphatic rings. The Labute approximate surface area is 127 Å². The molecular weight excluding hydrogens is 308 g/mol. The highest BCUT2D eigenvalue weighted by molar-refractivity contribution is 7.92. The van der Waals surface area contributed by atoms with Gasteiger partial charge in [-0.05, 0) is 26.0 Å². The number of rotatable bonds is 4. The van der Waals surface area contributed by atoms with E-state index in [0.717, 1.165) is 0 Å². The van der Waals surface area contributed by atoms with Gasteiger partial charge < -0.3 is 10.6 Å². The lowest BCUT2D eigenvalue weighted by atomic mass is 10.3. The van der Waals surface area contributed by atoms with Crippen LogP contribution in [0.15, 0.2) is 46.0 Å². The monoisotopic (exact) mass is 324 g/mol. The summed E-state index contributed by atoms with van der Waals surface area (Å²) < 4.78 is 24.4. The van der Waals surface area contributed by atoms with Crippen molar-refractivity contribution in [3.05, 3.63) is 41.1 Å². The number of urea groups is 1. The molecule has 0 unspecified atom stereocenters. The van der Waals surface area contributed by atoms with Crippen LogP contribution in [0.5, 0.6) is 0 Å². The molecule has 0 atom stereocenters. The van der Waals surface area contributed by atoms with Crippen LogP contribution < -0.4 is 10.6 Å². The van der Waals surface area contributed by atoms with E-state index in [-0.39, 0.29) is 4.90 Å². The molecule has 0 radical (unpaired) electrons. The number of nitrogens with one attached hydrogen (secondary N) is 2. The molecule has 7 heteroatoms. The van der Waals surface area contributed by atoms with Gasteiger partial charge in [-0.25, -0.2) is 13.2 Å². The Morgan fingerprint density at radius 1 is 1.10 bits per heavy atom. The third-order valence-corrected chi connectivity index (χ3v) is 5.92. The van der Waals surface area contributed by atoms with Crippen LogP contribution in [0.1, 0.15) is 13.8 Å². The molecule has 0 aliphatic carbocycles. The predicted octanol–water partition coefficient (Wildman–Crippen LogP) is 3.57. The molecule has 1 aromatic heterocycles. The first-order valence-corrected chi connectivity index (χ1v) is 8.83. The molecule has 21 heavy (non-hydrogen) atoms. The van der Waals surface area contributed by atoms with E-state index in [1.165, 1.54) is 16.7 Å². The van der Waals surface area contributed by atoms with Gasteiger partial charge in [0.15, 0.2) is 9.84 Å². The van der Waals surface area contributed by atoms with Gasteiger partial charge in [0, 0.05) is 16.4 Å². The molecule has 2 rings (SSSR count). The lowest BCUT2D eigenvalue weighted by Crippen LogP contribution is -2.21. The second kappa shape index (κ2) is 6.28. The fourth-order valence-corrected chi connectivity index (χ4v) is 4.00. The Hall–Kier alpha value is -1.86. The number of carbonyl (C=O) groups is 1. The number of sulfone groups is 1. The Kier molecular flexibility index (Phi) is 4.64. The summed E-state index contributed by atoms with van der Waals surface area (Å²) >= 11 is 1.24. The minimum absolute atomic E-state index is 0.158. The summed E-state index contributed by atoms with van der Waals surface area (Å²) in [7, 11) is -3.41. The number of para-hydroxylation sites is 1. The van der Waals surface area contributed by atoms with E-state index in [9.17, 15) is 13.2 Å². The number of benzene rings is 1. The van der Waals surface area contributed by atoms with Crippen LogP contribution in [-0.2, 0) is 9.84 Å². The average molecular weight is 324 g/mol. The first-order valence-electron chi connectivity index (χ1n) is 6.34. The fourth-order valence-electron chi connectivity index (χ4n) is 1.66. The molecule has 2 N–H and O–H groups in total. The van der Waals surface area contributed by atoms with Crippen molar-refractivity contribution in [2.24, 2.45) is 0 Å². The van der Waals surface area contributed by atoms with Crippen molar-refractivity contribution in [3.63, 3.8) is 0 Å². The van der Waals surface area contributed by atoms with Gasteiger partial charge in [0.1, 0.15) is 4.90 Å². The van der Waals surface area contributed by atoms with E-state index in [0.29, 0.717) is 11.4 Å². The van der Waals surface area contributed by atoms with E-state index in [1.807, 2.05) is 6.07 Å². The fraction of sp³-hybridized carbons (Fsp3) is 0.214. The third kappa shape index (κ3) is 3.62. The lowest BCUT2D eigenvalue weighted by Gasteiger charge is -2.10. The van der Waals surface area contributed by atoms with Gasteiger partial charge in [0.25, 0.3) is 0 Å². The maximum atomic E-state index is 12.2. The van der Waals surface area contributed by atoms with Crippen LogP contribution >= 0.6 is 11.3 Å². The molecule has 1 aromatic carbocycles. The van der Waals surface area contributed by atoms with Gasteiger partial charge in [0.2, 0.25) is 0 Å². The zero-order chi connectivity index (χ0) is 15.5. The van der Waals surface area contributed by atoms with Gasteiger partial charge >= 0.3 is 6.03 Å². The number of hydrogen-bond donors (Lipinski definition) is 2. The first-order chi connectivity index (χ1) is 9.91. The van der Waals surface area contributed by atoms with Crippen LogP contribution in [0.2, 0.25) is 0 Å². The van der Waals surface area contributed by atoms with Gasteiger partial charge in [-0.15, -0.1) is 11.3 Å². The Bertz CT molecular complexity index is 722. The number of amides is 2. The van der Waals surface area contributed by atoms with E-state index in [2.05, 4.69) is 10.6 Å². The van der Waals surface area contributed by atoms with E-state index in [1.54, 1.807) is 43.5 Å². The maximum Gasteiger partial charge on any atom is 0.323 e. The minimum atomic E-state index is -3.41. The summed E-state index contributed by atoms with van der Waals surface area (Å²) in [5, 5.41) is 7.84. The molecule has 2 amide bonds. The highest BCUT2D eigenvalue weighted by Crippen LogP contribution is 2.29. The third-order valence-electron chi connectivity index (χ3n) is 2.83. The Morgan fingerprint density at radius 2 is 1.76 bits per heavy atom. The van der Waals surface area contributed by atoms with Gasteiger partial charge in [0.05, 0.1) is 10.9 Å². The molecule has 0 aliphatic heterocycles. The van der Waals surface area contributed by atoms with Gasteiger partial charge in [-0.3, -0.25) is 0 Å². The molecule has 0 saturated heterocycles. The Balaban J connectivity index is 2.15. The van der Waals surface area contributed by atoms with Crippen molar-refractivity contribution in [1.29, 1.82) is 0 Å². The van der Waals surface area contributed by atoms with Crippen LogP contribution in [0.3, 0.4) is 0 Å². The minimum Gasteiger partial charge on any atom is -0.308 e. The number of anilines is 2. The highest BCUT2D eigenvalue weighted by atomic mass is 32.2. The SMILES string of the molecule is CC(C)S(=O)(=O)c1cscc1NC(=O)Nc1ccccc1. The van der Waals surface area contributed by atoms with Crippen molar-refractivity contribution in [2.45, 2.75) is 24.0 Å². The van der Waals surface area contributed by atoms with E-state index >= 15 is 0 Å². The molecule has 2 aromatic rings. The zero-order valence-electron chi connectivity index (χ0n) is 11.7. The molecule has 5 nitrogen and oxygen atoms in total. The van der Waals surface area contributed by atoms with Crippen molar-refractivity contribution in [3.8, 4) is 0 Å². The van der Waals surface area contributed by atoms with Crippen molar-refractivity contribution < 1.29 is 13.2 Å². The molecule has 0 spiro atoms. The van der Waals surface area contributed by atoms with E-state index in [4.69, 9.17) is 0 Å². The summed E-state index contributed by atoms with van der Waals surface area (Å²) in [6.45, 7) is 3.22. The molecule has 0 bridgehead atoms. The summed E-state index contributed by atoms with van der Waals surface area (Å²) in [5.41, 5.74) is 0.945. The quantitative estimate of drug-likeness (QED) is 0.902. The Morgan fingerprint density at radius 3 is 2.38 bits per heavy atom. The van der Waals surface area contributed by atoms with E-state index < -0.39 is 21.1 Å². The van der Waals surface area contributed by atoms with Crippen molar-refractivity contribution in [2.75, 3.05) is 10.6 Å². The molecule has 1 heterocycles. The molecule has 112 valence electrons. The maximum absolute atomic E-state index is 12.2.